The Kier molecular flexibility index (Phi) is 5.18. The van der Waals surface area contributed by atoms with Crippen LogP contribution in [0.1, 0.15) is 12.8 Å². The maximum atomic E-state index is 10.6. The van der Waals surface area contributed by atoms with Gasteiger partial charge in [-0.1, -0.05) is 6.08 Å². The van der Waals surface area contributed by atoms with Crippen LogP contribution in [0.5, 0.6) is 0 Å². The zero-order valence-electron chi connectivity index (χ0n) is 6.81. The average molecular weight is 214 g/mol. The first-order chi connectivity index (χ1) is 5.25. The van der Waals surface area contributed by atoms with E-state index in [0.29, 0.717) is 6.54 Å². The summed E-state index contributed by atoms with van der Waals surface area (Å²) >= 11 is 0. The monoisotopic (exact) mass is 213 g/mol. The Morgan fingerprint density at radius 3 is 2.92 bits per heavy atom. The first-order valence-electron chi connectivity index (χ1n) is 3.83. The Balaban J connectivity index is 0.00000121. The fourth-order valence-corrected chi connectivity index (χ4v) is 1.49. The second-order valence-corrected chi connectivity index (χ2v) is 2.78. The van der Waals surface area contributed by atoms with E-state index >= 15 is 0 Å². The van der Waals surface area contributed by atoms with Crippen LogP contribution in [0, 0.1) is 0 Å². The molecule has 0 aromatic heterocycles. The minimum atomic E-state index is -0.704. The van der Waals surface area contributed by atoms with Gasteiger partial charge < -0.3 is 5.11 Å². The van der Waals surface area contributed by atoms with Crippen molar-refractivity contribution in [1.82, 2.24) is 4.90 Å². The predicted molar refractivity (Wildman–Crippen MR) is 42.4 cm³/mol. The number of likely N-dealkylation sites (tertiary alicyclic amines) is 1. The van der Waals surface area contributed by atoms with Gasteiger partial charge in [0.25, 0.3) is 0 Å². The fourth-order valence-electron chi connectivity index (χ4n) is 1.49. The average Bonchev–Trinajstić information content (AvgIpc) is 2.36. The van der Waals surface area contributed by atoms with E-state index in [4.69, 9.17) is 5.11 Å². The van der Waals surface area contributed by atoms with Crippen LogP contribution >= 0.6 is 0 Å². The number of hydrogen-bond donors (Lipinski definition) is 1. The molecule has 72 valence electrons. The van der Waals surface area contributed by atoms with Crippen molar-refractivity contribution in [2.45, 2.75) is 18.9 Å². The van der Waals surface area contributed by atoms with Crippen molar-refractivity contribution in [3.63, 3.8) is 0 Å². The molecule has 12 heavy (non-hydrogen) atoms. The van der Waals surface area contributed by atoms with Gasteiger partial charge in [0.1, 0.15) is 6.04 Å². The molecule has 0 bridgehead atoms. The molecule has 0 aromatic carbocycles. The van der Waals surface area contributed by atoms with Gasteiger partial charge in [0.15, 0.2) is 0 Å². The molecule has 1 aliphatic heterocycles. The number of hydrogen-bond acceptors (Lipinski definition) is 2. The summed E-state index contributed by atoms with van der Waals surface area (Å²) in [7, 11) is 0. The van der Waals surface area contributed by atoms with Crippen LogP contribution in [0.4, 0.5) is 0 Å². The Bertz CT molecular complexity index is 172. The second kappa shape index (κ2) is 5.33. The van der Waals surface area contributed by atoms with Crippen LogP contribution in [-0.4, -0.2) is 35.1 Å². The molecule has 1 saturated heterocycles. The van der Waals surface area contributed by atoms with E-state index in [9.17, 15) is 4.79 Å². The minimum absolute atomic E-state index is 0. The first-order valence-corrected chi connectivity index (χ1v) is 3.83. The molecule has 1 fully saturated rings. The molecule has 1 aliphatic rings. The molecule has 0 spiro atoms. The number of aliphatic carboxylic acids is 1. The van der Waals surface area contributed by atoms with Gasteiger partial charge in [-0.3, -0.25) is 9.69 Å². The first kappa shape index (κ1) is 11.7. The number of carbonyl (C=O) groups is 1. The van der Waals surface area contributed by atoms with Gasteiger partial charge in [0.2, 0.25) is 0 Å². The topological polar surface area (TPSA) is 40.5 Å². The Morgan fingerprint density at radius 2 is 2.42 bits per heavy atom. The smallest absolute Gasteiger partial charge is 0.320 e. The van der Waals surface area contributed by atoms with E-state index in [1.54, 1.807) is 6.08 Å². The Morgan fingerprint density at radius 1 is 1.75 bits per heavy atom. The summed E-state index contributed by atoms with van der Waals surface area (Å²) in [6, 6.07) is -0.270. The molecule has 0 saturated carbocycles. The number of nitrogens with zero attached hydrogens (tertiary/aromatic N) is 1. The SMILES string of the molecule is C=CCN1CCCC1C(=O)O.[Ni]. The number of carboxylic acid groups (broad SMARTS) is 1. The summed E-state index contributed by atoms with van der Waals surface area (Å²) in [6.45, 7) is 5.17. The maximum Gasteiger partial charge on any atom is 0.320 e. The maximum absolute atomic E-state index is 10.6. The predicted octanol–water partition coefficient (Wildman–Crippen LogP) is 0.719. The van der Waals surface area contributed by atoms with Crippen LogP contribution in [0.15, 0.2) is 12.7 Å². The molecular weight excluding hydrogens is 201 g/mol. The molecule has 0 radical (unpaired) electrons. The van der Waals surface area contributed by atoms with E-state index < -0.39 is 5.97 Å². The third kappa shape index (κ3) is 2.61. The summed E-state index contributed by atoms with van der Waals surface area (Å²) in [4.78, 5) is 12.6. The summed E-state index contributed by atoms with van der Waals surface area (Å²) in [5, 5.41) is 8.73. The van der Waals surface area contributed by atoms with E-state index in [1.165, 1.54) is 0 Å². The van der Waals surface area contributed by atoms with Crippen LogP contribution in [0.3, 0.4) is 0 Å². The normalized spacial score (nSPS) is 23.2. The Labute approximate surface area is 82.4 Å². The van der Waals surface area contributed by atoms with Gasteiger partial charge in [-0.2, -0.15) is 0 Å². The molecular formula is C8H13NNiO2. The van der Waals surface area contributed by atoms with Crippen LogP contribution in [-0.2, 0) is 21.3 Å². The van der Waals surface area contributed by atoms with Gasteiger partial charge in [-0.25, -0.2) is 0 Å². The van der Waals surface area contributed by atoms with Crippen molar-refractivity contribution in [1.29, 1.82) is 0 Å². The van der Waals surface area contributed by atoms with Gasteiger partial charge in [0.05, 0.1) is 0 Å². The minimum Gasteiger partial charge on any atom is -0.480 e. The van der Waals surface area contributed by atoms with Crippen molar-refractivity contribution < 1.29 is 26.4 Å². The van der Waals surface area contributed by atoms with Crippen LogP contribution in [0.2, 0.25) is 0 Å². The van der Waals surface area contributed by atoms with Crippen molar-refractivity contribution in [2.24, 2.45) is 0 Å². The summed E-state index contributed by atoms with van der Waals surface area (Å²) in [5.74, 6) is -0.704. The molecule has 1 heterocycles. The van der Waals surface area contributed by atoms with E-state index in [1.807, 2.05) is 4.90 Å². The number of rotatable bonds is 3. The van der Waals surface area contributed by atoms with Crippen molar-refractivity contribution >= 4 is 5.97 Å². The second-order valence-electron chi connectivity index (χ2n) is 2.78. The van der Waals surface area contributed by atoms with Gasteiger partial charge >= 0.3 is 5.97 Å². The molecule has 0 amide bonds. The molecule has 0 aromatic rings. The summed E-state index contributed by atoms with van der Waals surface area (Å²) in [5.41, 5.74) is 0. The zero-order valence-corrected chi connectivity index (χ0v) is 7.80. The molecule has 1 atom stereocenters. The molecule has 4 heteroatoms. The van der Waals surface area contributed by atoms with Gasteiger partial charge in [-0.15, -0.1) is 6.58 Å². The molecule has 3 nitrogen and oxygen atoms in total. The standard InChI is InChI=1S/C8H13NO2.Ni/c1-2-5-9-6-3-4-7(9)8(10)11;/h2,7H,1,3-6H2,(H,10,11);. The van der Waals surface area contributed by atoms with Crippen molar-refractivity contribution in [3.05, 3.63) is 12.7 Å². The van der Waals surface area contributed by atoms with Gasteiger partial charge in [0, 0.05) is 23.0 Å². The quantitative estimate of drug-likeness (QED) is 0.555. The fraction of sp³-hybridized carbons (Fsp3) is 0.625. The third-order valence-corrected chi connectivity index (χ3v) is 2.01. The number of carboxylic acids is 1. The van der Waals surface area contributed by atoms with Crippen LogP contribution < -0.4 is 0 Å². The van der Waals surface area contributed by atoms with Crippen molar-refractivity contribution in [2.75, 3.05) is 13.1 Å². The zero-order chi connectivity index (χ0) is 8.27. The van der Waals surface area contributed by atoms with E-state index in [0.717, 1.165) is 19.4 Å². The van der Waals surface area contributed by atoms with Crippen LogP contribution in [0.25, 0.3) is 0 Å². The van der Waals surface area contributed by atoms with E-state index in [-0.39, 0.29) is 22.5 Å². The molecule has 1 unspecified atom stereocenters. The third-order valence-electron chi connectivity index (χ3n) is 2.01. The van der Waals surface area contributed by atoms with Gasteiger partial charge in [-0.05, 0) is 19.4 Å². The Hall–Kier alpha value is -0.336. The summed E-state index contributed by atoms with van der Waals surface area (Å²) < 4.78 is 0. The van der Waals surface area contributed by atoms with Crippen molar-refractivity contribution in [3.8, 4) is 0 Å². The molecule has 1 rings (SSSR count). The van der Waals surface area contributed by atoms with E-state index in [2.05, 4.69) is 6.58 Å². The largest absolute Gasteiger partial charge is 0.480 e. The summed E-state index contributed by atoms with van der Waals surface area (Å²) in [6.07, 6.45) is 3.52. The molecule has 0 aliphatic carbocycles. The molecule has 1 N–H and O–H groups in total.